The smallest absolute Gasteiger partial charge is 0.309 e. The van der Waals surface area contributed by atoms with Crippen LogP contribution in [0, 0.1) is 0 Å². The van der Waals surface area contributed by atoms with Gasteiger partial charge < -0.3 is 18.1 Å². The predicted octanol–water partition coefficient (Wildman–Crippen LogP) is 4.30. The van der Waals surface area contributed by atoms with E-state index >= 15 is 0 Å². The molecule has 0 bridgehead atoms. The zero-order chi connectivity index (χ0) is 15.6. The molecule has 0 fully saturated rings. The lowest BCUT2D eigenvalue weighted by Gasteiger charge is -2.29. The third kappa shape index (κ3) is 3.16. The lowest BCUT2D eigenvalue weighted by atomic mass is 9.99. The van der Waals surface area contributed by atoms with E-state index in [2.05, 4.69) is 0 Å². The molecule has 8 heteroatoms. The number of hydrogen-bond donors (Lipinski definition) is 0. The Morgan fingerprint density at radius 3 is 1.15 bits per heavy atom. The molecule has 0 aromatic heterocycles. The van der Waals surface area contributed by atoms with E-state index in [0.717, 1.165) is 11.1 Å². The van der Waals surface area contributed by atoms with E-state index in [1.54, 1.807) is 0 Å². The highest BCUT2D eigenvalue weighted by Crippen LogP contribution is 2.68. The van der Waals surface area contributed by atoms with E-state index in [9.17, 15) is 9.13 Å². The highest BCUT2D eigenvalue weighted by Gasteiger charge is 2.41. The predicted molar refractivity (Wildman–Crippen MR) is 77.9 cm³/mol. The van der Waals surface area contributed by atoms with Crippen molar-refractivity contribution in [1.82, 2.24) is 0 Å². The number of allylic oxidation sites excluding steroid dienone is 4. The Hall–Kier alpha value is -0.220. The van der Waals surface area contributed by atoms with Gasteiger partial charge in [0.1, 0.15) is 0 Å². The van der Waals surface area contributed by atoms with Crippen molar-refractivity contribution in [2.75, 3.05) is 28.4 Å². The van der Waals surface area contributed by atoms with Crippen molar-refractivity contribution in [2.24, 2.45) is 0 Å². The van der Waals surface area contributed by atoms with Gasteiger partial charge in [-0.15, -0.1) is 0 Å². The summed E-state index contributed by atoms with van der Waals surface area (Å²) in [4.78, 5) is 0. The fourth-order valence-corrected chi connectivity index (χ4v) is 5.67. The van der Waals surface area contributed by atoms with Crippen molar-refractivity contribution in [1.29, 1.82) is 0 Å². The molecule has 0 heterocycles. The summed E-state index contributed by atoms with van der Waals surface area (Å²) in [5, 5.41) is 0.746. The maximum atomic E-state index is 12.7. The van der Waals surface area contributed by atoms with Crippen LogP contribution < -0.4 is 0 Å². The summed E-state index contributed by atoms with van der Waals surface area (Å²) in [6.07, 6.45) is 0.744. The highest BCUT2D eigenvalue weighted by atomic mass is 31.2. The second-order valence-corrected chi connectivity index (χ2v) is 9.06. The first kappa shape index (κ1) is 17.8. The molecule has 0 saturated carbocycles. The third-order valence-corrected chi connectivity index (χ3v) is 7.83. The molecule has 1 rings (SSSR count). The summed E-state index contributed by atoms with van der Waals surface area (Å²) in [7, 11) is -1.75. The zero-order valence-electron chi connectivity index (χ0n) is 12.8. The van der Waals surface area contributed by atoms with Gasteiger partial charge >= 0.3 is 15.2 Å². The maximum absolute atomic E-state index is 12.7. The van der Waals surface area contributed by atoms with Crippen molar-refractivity contribution in [3.8, 4) is 0 Å². The molecule has 0 aromatic carbocycles. The SMILES string of the molecule is COP(=O)(OC)C1=C(P(=O)(OC)OC)CC(C)=C(C)C1. The van der Waals surface area contributed by atoms with Crippen LogP contribution in [-0.2, 0) is 27.2 Å². The normalized spacial score (nSPS) is 17.9. The Kier molecular flexibility index (Phi) is 5.97. The van der Waals surface area contributed by atoms with Gasteiger partial charge in [0.15, 0.2) is 0 Å². The lowest BCUT2D eigenvalue weighted by Crippen LogP contribution is -2.08. The zero-order valence-corrected chi connectivity index (χ0v) is 14.5. The van der Waals surface area contributed by atoms with Crippen molar-refractivity contribution in [3.63, 3.8) is 0 Å². The molecule has 0 aliphatic heterocycles. The molecule has 20 heavy (non-hydrogen) atoms. The van der Waals surface area contributed by atoms with Crippen LogP contribution in [0.15, 0.2) is 21.8 Å². The van der Waals surface area contributed by atoms with E-state index in [0.29, 0.717) is 23.5 Å². The standard InChI is InChI=1S/C12H22O6P2/c1-9-7-11(19(13,15-3)16-4)12(8-10(9)2)20(14,17-5)18-6/h7-8H2,1-6H3. The van der Waals surface area contributed by atoms with Crippen LogP contribution in [-0.4, -0.2) is 28.4 Å². The van der Waals surface area contributed by atoms with Crippen LogP contribution in [0.2, 0.25) is 0 Å². The van der Waals surface area contributed by atoms with Gasteiger partial charge in [0.25, 0.3) is 0 Å². The Balaban J connectivity index is 3.50. The molecule has 1 aliphatic rings. The first-order valence-electron chi connectivity index (χ1n) is 6.09. The molecule has 0 spiro atoms. The maximum Gasteiger partial charge on any atom is 0.357 e. The van der Waals surface area contributed by atoms with Crippen molar-refractivity contribution < 1.29 is 27.2 Å². The summed E-state index contributed by atoms with van der Waals surface area (Å²) in [6.45, 7) is 3.87. The number of hydrogen-bond acceptors (Lipinski definition) is 6. The Bertz CT molecular complexity index is 472. The first-order valence-corrected chi connectivity index (χ1v) is 9.18. The van der Waals surface area contributed by atoms with Gasteiger partial charge in [-0.1, -0.05) is 11.1 Å². The molecule has 116 valence electrons. The third-order valence-electron chi connectivity index (χ3n) is 3.55. The lowest BCUT2D eigenvalue weighted by molar-refractivity contribution is 0.275. The van der Waals surface area contributed by atoms with Crippen molar-refractivity contribution in [3.05, 3.63) is 21.8 Å². The fourth-order valence-electron chi connectivity index (χ4n) is 2.11. The van der Waals surface area contributed by atoms with E-state index in [1.165, 1.54) is 28.4 Å². The Labute approximate surface area is 120 Å². The van der Waals surface area contributed by atoms with Crippen LogP contribution in [0.3, 0.4) is 0 Å². The average molecular weight is 324 g/mol. The molecule has 6 nitrogen and oxygen atoms in total. The molecule has 0 unspecified atom stereocenters. The molecule has 0 aromatic rings. The highest BCUT2D eigenvalue weighted by molar-refractivity contribution is 7.62. The molecule has 1 aliphatic carbocycles. The summed E-state index contributed by atoms with van der Waals surface area (Å²) < 4.78 is 45.6. The summed E-state index contributed by atoms with van der Waals surface area (Å²) in [5.41, 5.74) is 2.11. The van der Waals surface area contributed by atoms with Gasteiger partial charge in [-0.2, -0.15) is 0 Å². The molecular weight excluding hydrogens is 302 g/mol. The Morgan fingerprint density at radius 1 is 0.700 bits per heavy atom. The fraction of sp³-hybridized carbons (Fsp3) is 0.667. The van der Waals surface area contributed by atoms with Crippen LogP contribution >= 0.6 is 15.2 Å². The first-order chi connectivity index (χ1) is 9.27. The van der Waals surface area contributed by atoms with Gasteiger partial charge in [0.05, 0.1) is 10.6 Å². The summed E-state index contributed by atoms with van der Waals surface area (Å²) >= 11 is 0. The second-order valence-electron chi connectivity index (χ2n) is 4.53. The largest absolute Gasteiger partial charge is 0.357 e. The van der Waals surface area contributed by atoms with Crippen molar-refractivity contribution >= 4 is 15.2 Å². The molecule has 0 atom stereocenters. The van der Waals surface area contributed by atoms with Gasteiger partial charge in [0.2, 0.25) is 0 Å². The minimum atomic E-state index is -3.49. The molecule has 0 N–H and O–H groups in total. The average Bonchev–Trinajstić information content (AvgIpc) is 2.47. The topological polar surface area (TPSA) is 71.1 Å². The van der Waals surface area contributed by atoms with Crippen LogP contribution in [0.25, 0.3) is 0 Å². The molecule has 0 amide bonds. The Morgan fingerprint density at radius 2 is 0.950 bits per heavy atom. The van der Waals surface area contributed by atoms with E-state index < -0.39 is 15.2 Å². The minimum Gasteiger partial charge on any atom is -0.309 e. The molecule has 0 saturated heterocycles. The van der Waals surface area contributed by atoms with Crippen LogP contribution in [0.1, 0.15) is 26.7 Å². The second kappa shape index (κ2) is 6.69. The van der Waals surface area contributed by atoms with E-state index in [-0.39, 0.29) is 0 Å². The molecular formula is C12H22O6P2. The van der Waals surface area contributed by atoms with Crippen LogP contribution in [0.5, 0.6) is 0 Å². The van der Waals surface area contributed by atoms with Gasteiger partial charge in [-0.05, 0) is 13.8 Å². The minimum absolute atomic E-state index is 0.372. The number of rotatable bonds is 6. The monoisotopic (exact) mass is 324 g/mol. The van der Waals surface area contributed by atoms with E-state index in [1.807, 2.05) is 13.8 Å². The summed E-state index contributed by atoms with van der Waals surface area (Å²) in [6, 6.07) is 0. The van der Waals surface area contributed by atoms with Gasteiger partial charge in [0, 0.05) is 41.3 Å². The van der Waals surface area contributed by atoms with E-state index in [4.69, 9.17) is 18.1 Å². The van der Waals surface area contributed by atoms with Crippen molar-refractivity contribution in [2.45, 2.75) is 26.7 Å². The van der Waals surface area contributed by atoms with Crippen LogP contribution in [0.4, 0.5) is 0 Å². The summed E-state index contributed by atoms with van der Waals surface area (Å²) in [5.74, 6) is 0. The van der Waals surface area contributed by atoms with Gasteiger partial charge in [-0.3, -0.25) is 9.13 Å². The molecule has 0 radical (unpaired) electrons. The van der Waals surface area contributed by atoms with Gasteiger partial charge in [-0.25, -0.2) is 0 Å². The quantitative estimate of drug-likeness (QED) is 0.536.